The van der Waals surface area contributed by atoms with Crippen LogP contribution in [0.15, 0.2) is 24.3 Å². The molecule has 1 unspecified atom stereocenters. The minimum absolute atomic E-state index is 0.0826. The van der Waals surface area contributed by atoms with Gasteiger partial charge < -0.3 is 10.6 Å². The van der Waals surface area contributed by atoms with Gasteiger partial charge in [0.15, 0.2) is 0 Å². The maximum absolute atomic E-state index is 13.6. The van der Waals surface area contributed by atoms with E-state index in [1.807, 2.05) is 6.07 Å². The number of hydrogen-bond acceptors (Lipinski definition) is 2. The zero-order valence-corrected chi connectivity index (χ0v) is 13.7. The molecule has 2 aliphatic rings. The number of nitrogens with one attached hydrogen (secondary N) is 2. The summed E-state index contributed by atoms with van der Waals surface area (Å²) < 4.78 is 13.6. The summed E-state index contributed by atoms with van der Waals surface area (Å²) in [5.41, 5.74) is 0.957. The lowest BCUT2D eigenvalue weighted by Gasteiger charge is -2.31. The van der Waals surface area contributed by atoms with E-state index < -0.39 is 0 Å². The van der Waals surface area contributed by atoms with E-state index in [0.29, 0.717) is 6.54 Å². The molecule has 0 spiro atoms. The van der Waals surface area contributed by atoms with Gasteiger partial charge in [0.25, 0.3) is 0 Å². The predicted molar refractivity (Wildman–Crippen MR) is 89.8 cm³/mol. The van der Waals surface area contributed by atoms with Crippen LogP contribution in [0, 0.1) is 11.7 Å². The van der Waals surface area contributed by atoms with Gasteiger partial charge in [-0.1, -0.05) is 25.0 Å². The summed E-state index contributed by atoms with van der Waals surface area (Å²) >= 11 is 0. The Kier molecular flexibility index (Phi) is 5.31. The molecule has 1 amide bonds. The van der Waals surface area contributed by atoms with Gasteiger partial charge in [0.1, 0.15) is 5.82 Å². The van der Waals surface area contributed by atoms with Gasteiger partial charge >= 0.3 is 0 Å². The lowest BCUT2D eigenvalue weighted by Crippen LogP contribution is -2.41. The molecule has 1 aromatic rings. The highest BCUT2D eigenvalue weighted by molar-refractivity contribution is 5.78. The lowest BCUT2D eigenvalue weighted by molar-refractivity contribution is -0.125. The fraction of sp³-hybridized carbons (Fsp3) is 0.632. The van der Waals surface area contributed by atoms with E-state index >= 15 is 0 Å². The average Bonchev–Trinajstić information content (AvgIpc) is 2.88. The van der Waals surface area contributed by atoms with Gasteiger partial charge in [-0.3, -0.25) is 4.79 Å². The van der Waals surface area contributed by atoms with Crippen LogP contribution in [0.3, 0.4) is 0 Å². The molecule has 1 saturated heterocycles. The van der Waals surface area contributed by atoms with Crippen molar-refractivity contribution in [2.24, 2.45) is 5.92 Å². The van der Waals surface area contributed by atoms with Crippen LogP contribution in [0.1, 0.15) is 50.5 Å². The molecule has 4 heteroatoms. The monoisotopic (exact) mass is 318 g/mol. The molecule has 2 N–H and O–H groups in total. The van der Waals surface area contributed by atoms with E-state index in [9.17, 15) is 9.18 Å². The molecule has 1 aliphatic carbocycles. The van der Waals surface area contributed by atoms with Crippen molar-refractivity contribution >= 4 is 5.91 Å². The molecule has 3 rings (SSSR count). The minimum Gasteiger partial charge on any atom is -0.355 e. The SMILES string of the molecule is O=C(NCC1(c2cccc(F)c2)CCCC1)C1CCCNCC1. The summed E-state index contributed by atoms with van der Waals surface area (Å²) in [5, 5.41) is 6.54. The quantitative estimate of drug-likeness (QED) is 0.895. The summed E-state index contributed by atoms with van der Waals surface area (Å²) in [6, 6.07) is 6.93. The third-order valence-electron chi connectivity index (χ3n) is 5.55. The molecular formula is C19H27FN2O. The van der Waals surface area contributed by atoms with Crippen molar-refractivity contribution in [3.05, 3.63) is 35.6 Å². The highest BCUT2D eigenvalue weighted by atomic mass is 19.1. The van der Waals surface area contributed by atoms with E-state index in [0.717, 1.165) is 63.6 Å². The standard InChI is InChI=1S/C19H27FN2O/c20-17-7-3-6-16(13-17)19(9-1-2-10-19)14-22-18(23)15-5-4-11-21-12-8-15/h3,6-7,13,15,21H,1-2,4-5,8-12,14H2,(H,22,23). The molecule has 0 aromatic heterocycles. The number of benzene rings is 1. The molecule has 1 saturated carbocycles. The first kappa shape index (κ1) is 16.4. The summed E-state index contributed by atoms with van der Waals surface area (Å²) in [5.74, 6) is 0.113. The molecule has 0 bridgehead atoms. The normalized spacial score (nSPS) is 24.1. The second-order valence-electron chi connectivity index (χ2n) is 7.09. The number of halogens is 1. The van der Waals surface area contributed by atoms with Crippen molar-refractivity contribution < 1.29 is 9.18 Å². The molecule has 1 aromatic carbocycles. The van der Waals surface area contributed by atoms with E-state index in [4.69, 9.17) is 0 Å². The Labute approximate surface area is 138 Å². The summed E-state index contributed by atoms with van der Waals surface area (Å²) in [7, 11) is 0. The molecule has 3 nitrogen and oxygen atoms in total. The van der Waals surface area contributed by atoms with Gasteiger partial charge in [-0.05, 0) is 62.9 Å². The predicted octanol–water partition coefficient (Wildman–Crippen LogP) is 3.14. The lowest BCUT2D eigenvalue weighted by atomic mass is 9.78. The van der Waals surface area contributed by atoms with Gasteiger partial charge in [-0.15, -0.1) is 0 Å². The molecule has 1 atom stereocenters. The second-order valence-corrected chi connectivity index (χ2v) is 7.09. The third kappa shape index (κ3) is 3.92. The van der Waals surface area contributed by atoms with Gasteiger partial charge in [0.05, 0.1) is 0 Å². The second kappa shape index (κ2) is 7.43. The summed E-state index contributed by atoms with van der Waals surface area (Å²) in [4.78, 5) is 12.5. The van der Waals surface area contributed by atoms with Crippen LogP contribution < -0.4 is 10.6 Å². The van der Waals surface area contributed by atoms with Crippen LogP contribution in [0.25, 0.3) is 0 Å². The molecule has 23 heavy (non-hydrogen) atoms. The first-order valence-corrected chi connectivity index (χ1v) is 8.94. The molecule has 0 radical (unpaired) electrons. The van der Waals surface area contributed by atoms with E-state index in [-0.39, 0.29) is 23.1 Å². The van der Waals surface area contributed by atoms with Crippen LogP contribution in [0.5, 0.6) is 0 Å². The number of amides is 1. The Morgan fingerprint density at radius 3 is 2.83 bits per heavy atom. The van der Waals surface area contributed by atoms with Crippen LogP contribution in [-0.2, 0) is 10.2 Å². The number of carbonyl (C=O) groups excluding carboxylic acids is 1. The maximum Gasteiger partial charge on any atom is 0.223 e. The molecule has 1 heterocycles. The smallest absolute Gasteiger partial charge is 0.223 e. The van der Waals surface area contributed by atoms with Crippen LogP contribution in [-0.4, -0.2) is 25.5 Å². The van der Waals surface area contributed by atoms with Crippen LogP contribution >= 0.6 is 0 Å². The molecular weight excluding hydrogens is 291 g/mol. The molecule has 1 aliphatic heterocycles. The van der Waals surface area contributed by atoms with Gasteiger partial charge in [-0.2, -0.15) is 0 Å². The Morgan fingerprint density at radius 1 is 1.22 bits per heavy atom. The topological polar surface area (TPSA) is 41.1 Å². The number of rotatable bonds is 4. The van der Waals surface area contributed by atoms with Crippen molar-refractivity contribution in [2.45, 2.75) is 50.4 Å². The number of carbonyl (C=O) groups is 1. The van der Waals surface area contributed by atoms with Gasteiger partial charge in [0, 0.05) is 17.9 Å². The Bertz CT molecular complexity index is 532. The van der Waals surface area contributed by atoms with E-state index in [1.54, 1.807) is 12.1 Å². The Balaban J connectivity index is 1.67. The highest BCUT2D eigenvalue weighted by Gasteiger charge is 2.36. The van der Waals surface area contributed by atoms with Crippen LogP contribution in [0.2, 0.25) is 0 Å². The maximum atomic E-state index is 13.6. The van der Waals surface area contributed by atoms with Crippen molar-refractivity contribution in [3.63, 3.8) is 0 Å². The highest BCUT2D eigenvalue weighted by Crippen LogP contribution is 2.40. The zero-order chi connectivity index (χ0) is 16.1. The third-order valence-corrected chi connectivity index (χ3v) is 5.55. The average molecular weight is 318 g/mol. The fourth-order valence-corrected chi connectivity index (χ4v) is 4.12. The largest absolute Gasteiger partial charge is 0.355 e. The zero-order valence-electron chi connectivity index (χ0n) is 13.7. The van der Waals surface area contributed by atoms with E-state index in [1.165, 1.54) is 6.07 Å². The van der Waals surface area contributed by atoms with Crippen LogP contribution in [0.4, 0.5) is 4.39 Å². The summed E-state index contributed by atoms with van der Waals surface area (Å²) in [6.45, 7) is 2.57. The Hall–Kier alpha value is -1.42. The van der Waals surface area contributed by atoms with Gasteiger partial charge in [0.2, 0.25) is 5.91 Å². The fourth-order valence-electron chi connectivity index (χ4n) is 4.12. The first-order valence-electron chi connectivity index (χ1n) is 8.94. The summed E-state index contributed by atoms with van der Waals surface area (Å²) in [6.07, 6.45) is 7.31. The van der Waals surface area contributed by atoms with Crippen molar-refractivity contribution in [3.8, 4) is 0 Å². The number of hydrogen-bond donors (Lipinski definition) is 2. The molecule has 126 valence electrons. The van der Waals surface area contributed by atoms with Crippen molar-refractivity contribution in [1.82, 2.24) is 10.6 Å². The first-order chi connectivity index (χ1) is 11.2. The van der Waals surface area contributed by atoms with Crippen molar-refractivity contribution in [1.29, 1.82) is 0 Å². The van der Waals surface area contributed by atoms with E-state index in [2.05, 4.69) is 10.6 Å². The van der Waals surface area contributed by atoms with Gasteiger partial charge in [-0.25, -0.2) is 4.39 Å². The minimum atomic E-state index is -0.185. The molecule has 2 fully saturated rings. The van der Waals surface area contributed by atoms with Crippen molar-refractivity contribution in [2.75, 3.05) is 19.6 Å². The Morgan fingerprint density at radius 2 is 2.04 bits per heavy atom.